The second-order valence-electron chi connectivity index (χ2n) is 8.97. The molecule has 182 valence electrons. The predicted octanol–water partition coefficient (Wildman–Crippen LogP) is 4.03. The number of piperazine rings is 1. The lowest BCUT2D eigenvalue weighted by Crippen LogP contribution is -2.52. The van der Waals surface area contributed by atoms with Crippen LogP contribution in [-0.4, -0.2) is 52.2 Å². The van der Waals surface area contributed by atoms with Crippen LogP contribution in [0.2, 0.25) is 0 Å². The Hall–Kier alpha value is -3.14. The van der Waals surface area contributed by atoms with E-state index in [0.29, 0.717) is 34.9 Å². The van der Waals surface area contributed by atoms with E-state index in [9.17, 15) is 18.0 Å². The minimum absolute atomic E-state index is 0.111. The van der Waals surface area contributed by atoms with Gasteiger partial charge in [-0.05, 0) is 33.9 Å². The number of nitrogens with one attached hydrogen (secondary N) is 1. The van der Waals surface area contributed by atoms with E-state index in [1.54, 1.807) is 27.0 Å². The van der Waals surface area contributed by atoms with Crippen LogP contribution < -0.4 is 15.8 Å². The maximum Gasteiger partial charge on any atom is 0.275 e. The average Bonchev–Trinajstić information content (AvgIpc) is 2.77. The second kappa shape index (κ2) is 9.25. The van der Waals surface area contributed by atoms with Crippen molar-refractivity contribution in [3.05, 3.63) is 57.4 Å². The number of fused-ring (bicyclic) bond motifs is 1. The molecule has 1 N–H and O–H groups in total. The maximum absolute atomic E-state index is 14.8. The number of nitrogens with zero attached hydrogens (tertiary/aromatic N) is 5. The molecule has 1 aliphatic heterocycles. The van der Waals surface area contributed by atoms with Gasteiger partial charge in [0.15, 0.2) is 0 Å². The zero-order valence-corrected chi connectivity index (χ0v) is 19.9. The first-order chi connectivity index (χ1) is 16.1. The lowest BCUT2D eigenvalue weighted by atomic mass is 10.0. The zero-order valence-electron chi connectivity index (χ0n) is 19.9. The van der Waals surface area contributed by atoms with Crippen LogP contribution in [0.4, 0.5) is 24.7 Å². The highest BCUT2D eigenvalue weighted by molar-refractivity contribution is 5.89. The largest absolute Gasteiger partial charge is 0.363 e. The van der Waals surface area contributed by atoms with Crippen LogP contribution in [0.25, 0.3) is 11.0 Å². The number of hydrogen-bond donors (Lipinski definition) is 1. The Morgan fingerprint density at radius 1 is 1.15 bits per heavy atom. The number of alkyl halides is 2. The molecule has 0 amide bonds. The molecule has 0 aliphatic carbocycles. The number of benzene rings is 1. The summed E-state index contributed by atoms with van der Waals surface area (Å²) in [6.45, 7) is 7.82. The first-order valence-electron chi connectivity index (χ1n) is 11.2. The third-order valence-electron chi connectivity index (χ3n) is 6.41. The molecular formula is C24H29F3N6O. The fourth-order valence-electron chi connectivity index (χ4n) is 4.59. The number of rotatable bonds is 5. The summed E-state index contributed by atoms with van der Waals surface area (Å²) < 4.78 is 42.7. The van der Waals surface area contributed by atoms with Gasteiger partial charge in [0.25, 0.3) is 12.0 Å². The van der Waals surface area contributed by atoms with E-state index in [1.165, 1.54) is 16.7 Å². The second-order valence-corrected chi connectivity index (χ2v) is 8.97. The number of aryl methyl sites for hydroxylation is 2. The molecule has 1 fully saturated rings. The number of pyridine rings is 1. The smallest absolute Gasteiger partial charge is 0.275 e. The number of likely N-dealkylation sites (N-methyl/N-ethyl adjacent to an activating group) is 1. The standard InChI is InChI=1S/C24H29F3N6O/c1-13-12-31(4)9-10-33(13)19-11-18-22(29-15(3)30-23(18)32(5)24(19)34)28-14(2)16-7-6-8-17(20(16)25)21(26)27/h6-8,11,13-14,21H,9-10,12H2,1-5H3,(H,28,29,30)/t13?,14-/m1/s1. The van der Waals surface area contributed by atoms with Crippen LogP contribution >= 0.6 is 0 Å². The van der Waals surface area contributed by atoms with Gasteiger partial charge >= 0.3 is 0 Å². The maximum atomic E-state index is 14.8. The molecule has 0 radical (unpaired) electrons. The van der Waals surface area contributed by atoms with E-state index < -0.39 is 23.8 Å². The van der Waals surface area contributed by atoms with E-state index in [-0.39, 0.29) is 17.2 Å². The summed E-state index contributed by atoms with van der Waals surface area (Å²) in [7, 11) is 3.72. The molecule has 3 heterocycles. The highest BCUT2D eigenvalue weighted by Gasteiger charge is 2.26. The van der Waals surface area contributed by atoms with Gasteiger partial charge in [-0.15, -0.1) is 0 Å². The minimum Gasteiger partial charge on any atom is -0.363 e. The highest BCUT2D eigenvalue weighted by Crippen LogP contribution is 2.31. The molecule has 0 bridgehead atoms. The SMILES string of the molecule is Cc1nc(N[C@H](C)c2cccc(C(F)F)c2F)c2cc(N3CCN(C)CC3C)c(=O)n(C)c2n1. The molecule has 10 heteroatoms. The molecule has 0 saturated carbocycles. The Bertz CT molecular complexity index is 1280. The molecule has 0 spiro atoms. The third kappa shape index (κ3) is 4.34. The van der Waals surface area contributed by atoms with Crippen molar-refractivity contribution in [2.24, 2.45) is 7.05 Å². The van der Waals surface area contributed by atoms with Crippen LogP contribution in [0.3, 0.4) is 0 Å². The van der Waals surface area contributed by atoms with Crippen molar-refractivity contribution in [1.82, 2.24) is 19.4 Å². The van der Waals surface area contributed by atoms with Gasteiger partial charge in [0.05, 0.1) is 17.0 Å². The van der Waals surface area contributed by atoms with Crippen molar-refractivity contribution in [3.8, 4) is 0 Å². The van der Waals surface area contributed by atoms with E-state index in [0.717, 1.165) is 19.2 Å². The molecule has 1 saturated heterocycles. The van der Waals surface area contributed by atoms with E-state index in [1.807, 2.05) is 0 Å². The Morgan fingerprint density at radius 3 is 2.53 bits per heavy atom. The molecule has 2 atom stereocenters. The fourth-order valence-corrected chi connectivity index (χ4v) is 4.59. The van der Waals surface area contributed by atoms with Crippen molar-refractivity contribution in [2.75, 3.05) is 36.9 Å². The van der Waals surface area contributed by atoms with Gasteiger partial charge in [0, 0.05) is 38.3 Å². The van der Waals surface area contributed by atoms with Gasteiger partial charge in [0.2, 0.25) is 0 Å². The zero-order chi connectivity index (χ0) is 24.7. The summed E-state index contributed by atoms with van der Waals surface area (Å²) in [5.41, 5.74) is 0.310. The van der Waals surface area contributed by atoms with Gasteiger partial charge in [-0.25, -0.2) is 23.1 Å². The molecule has 1 aromatic carbocycles. The van der Waals surface area contributed by atoms with Gasteiger partial charge < -0.3 is 15.1 Å². The van der Waals surface area contributed by atoms with Gasteiger partial charge in [-0.1, -0.05) is 18.2 Å². The summed E-state index contributed by atoms with van der Waals surface area (Å²) in [5, 5.41) is 3.77. The number of hydrogen-bond acceptors (Lipinski definition) is 6. The topological polar surface area (TPSA) is 66.3 Å². The Kier molecular flexibility index (Phi) is 6.53. The van der Waals surface area contributed by atoms with E-state index >= 15 is 0 Å². The van der Waals surface area contributed by atoms with Crippen molar-refractivity contribution < 1.29 is 13.2 Å². The van der Waals surface area contributed by atoms with E-state index in [4.69, 9.17) is 0 Å². The van der Waals surface area contributed by atoms with E-state index in [2.05, 4.69) is 39.1 Å². The monoisotopic (exact) mass is 474 g/mol. The molecule has 1 aliphatic rings. The molecular weight excluding hydrogens is 445 g/mol. The van der Waals surface area contributed by atoms with Crippen molar-refractivity contribution in [3.63, 3.8) is 0 Å². The van der Waals surface area contributed by atoms with Crippen molar-refractivity contribution in [2.45, 2.75) is 39.3 Å². The van der Waals surface area contributed by atoms with Crippen LogP contribution in [0.1, 0.15) is 43.3 Å². The normalized spacial score (nSPS) is 18.0. The summed E-state index contributed by atoms with van der Waals surface area (Å²) in [6, 6.07) is 5.23. The molecule has 2 aromatic heterocycles. The molecule has 3 aromatic rings. The molecule has 4 rings (SSSR count). The predicted molar refractivity (Wildman–Crippen MR) is 127 cm³/mol. The van der Waals surface area contributed by atoms with Gasteiger partial charge in [-0.3, -0.25) is 9.36 Å². The van der Waals surface area contributed by atoms with Crippen LogP contribution in [0, 0.1) is 12.7 Å². The first kappa shape index (κ1) is 24.0. The molecule has 1 unspecified atom stereocenters. The van der Waals surface area contributed by atoms with Crippen molar-refractivity contribution in [1.29, 1.82) is 0 Å². The Morgan fingerprint density at radius 2 is 1.85 bits per heavy atom. The minimum atomic E-state index is -2.91. The van der Waals surface area contributed by atoms with Crippen LogP contribution in [0.5, 0.6) is 0 Å². The number of aromatic nitrogens is 3. The quantitative estimate of drug-likeness (QED) is 0.603. The van der Waals surface area contributed by atoms with Gasteiger partial charge in [-0.2, -0.15) is 0 Å². The van der Waals surface area contributed by atoms with Crippen LogP contribution in [-0.2, 0) is 7.05 Å². The van der Waals surface area contributed by atoms with Crippen LogP contribution in [0.15, 0.2) is 29.1 Å². The Labute approximate surface area is 196 Å². The summed E-state index contributed by atoms with van der Waals surface area (Å²) in [5.74, 6) is -0.0952. The highest BCUT2D eigenvalue weighted by atomic mass is 19.3. The average molecular weight is 475 g/mol. The fraction of sp³-hybridized carbons (Fsp3) is 0.458. The Balaban J connectivity index is 1.80. The summed E-state index contributed by atoms with van der Waals surface area (Å²) >= 11 is 0. The number of halogens is 3. The number of anilines is 2. The lowest BCUT2D eigenvalue weighted by Gasteiger charge is -2.39. The lowest BCUT2D eigenvalue weighted by molar-refractivity contribution is 0.146. The van der Waals surface area contributed by atoms with Crippen molar-refractivity contribution >= 4 is 22.5 Å². The molecule has 7 nitrogen and oxygen atoms in total. The molecule has 34 heavy (non-hydrogen) atoms. The third-order valence-corrected chi connectivity index (χ3v) is 6.41. The summed E-state index contributed by atoms with van der Waals surface area (Å²) in [6.07, 6.45) is -2.91. The van der Waals surface area contributed by atoms with Gasteiger partial charge in [0.1, 0.15) is 28.8 Å². The summed E-state index contributed by atoms with van der Waals surface area (Å²) in [4.78, 5) is 26.5. The first-order valence-corrected chi connectivity index (χ1v) is 11.2.